The third-order valence-electron chi connectivity index (χ3n) is 4.17. The highest BCUT2D eigenvalue weighted by Crippen LogP contribution is 2.20. The van der Waals surface area contributed by atoms with Crippen molar-refractivity contribution >= 4 is 5.69 Å². The number of hydrogen-bond donors (Lipinski definition) is 0. The molecule has 3 nitrogen and oxygen atoms in total. The lowest BCUT2D eigenvalue weighted by atomic mass is 10.1. The number of hydrogen-bond acceptors (Lipinski definition) is 3. The first-order valence-corrected chi connectivity index (χ1v) is 7.56. The van der Waals surface area contributed by atoms with E-state index in [1.807, 2.05) is 0 Å². The predicted molar refractivity (Wildman–Crippen MR) is 78.6 cm³/mol. The van der Waals surface area contributed by atoms with Crippen molar-refractivity contribution in [2.24, 2.45) is 0 Å². The Morgan fingerprint density at radius 1 is 0.842 bits per heavy atom. The van der Waals surface area contributed by atoms with Gasteiger partial charge in [0.25, 0.3) is 0 Å². The zero-order valence-electron chi connectivity index (χ0n) is 11.7. The average Bonchev–Trinajstić information content (AvgIpc) is 2.50. The Hall–Kier alpha value is -1.06. The van der Waals surface area contributed by atoms with Crippen LogP contribution in [0, 0.1) is 0 Å². The van der Waals surface area contributed by atoms with Crippen LogP contribution in [-0.4, -0.2) is 44.3 Å². The van der Waals surface area contributed by atoms with Crippen LogP contribution in [0.5, 0.6) is 0 Å². The lowest BCUT2D eigenvalue weighted by molar-refractivity contribution is 0.0342. The summed E-state index contributed by atoms with van der Waals surface area (Å²) in [6.07, 6.45) is 4.08. The fourth-order valence-corrected chi connectivity index (χ4v) is 2.98. The Morgan fingerprint density at radius 2 is 1.53 bits per heavy atom. The lowest BCUT2D eigenvalue weighted by Crippen LogP contribution is -2.35. The van der Waals surface area contributed by atoms with Crippen molar-refractivity contribution in [2.75, 3.05) is 44.3 Å². The van der Waals surface area contributed by atoms with Crippen LogP contribution in [0.2, 0.25) is 0 Å². The van der Waals surface area contributed by atoms with E-state index in [9.17, 15) is 0 Å². The van der Waals surface area contributed by atoms with Crippen molar-refractivity contribution in [1.82, 2.24) is 4.90 Å². The van der Waals surface area contributed by atoms with E-state index in [4.69, 9.17) is 4.74 Å². The predicted octanol–water partition coefficient (Wildman–Crippen LogP) is 2.51. The fraction of sp³-hybridized carbons (Fsp3) is 0.625. The van der Waals surface area contributed by atoms with Crippen molar-refractivity contribution in [3.63, 3.8) is 0 Å². The maximum absolute atomic E-state index is 5.39. The molecule has 0 unspecified atom stereocenters. The third-order valence-corrected chi connectivity index (χ3v) is 4.17. The molecule has 0 atom stereocenters. The summed E-state index contributed by atoms with van der Waals surface area (Å²) in [6, 6.07) is 9.17. The first-order valence-electron chi connectivity index (χ1n) is 7.56. The zero-order valence-corrected chi connectivity index (χ0v) is 11.7. The quantitative estimate of drug-likeness (QED) is 0.830. The maximum Gasteiger partial charge on any atom is 0.0594 e. The Labute approximate surface area is 116 Å². The van der Waals surface area contributed by atoms with Crippen molar-refractivity contribution in [3.8, 4) is 0 Å². The fourth-order valence-electron chi connectivity index (χ4n) is 2.98. The van der Waals surface area contributed by atoms with Gasteiger partial charge in [-0.1, -0.05) is 12.1 Å². The molecule has 2 saturated heterocycles. The summed E-state index contributed by atoms with van der Waals surface area (Å²) >= 11 is 0. The number of piperidine rings is 1. The highest BCUT2D eigenvalue weighted by Gasteiger charge is 2.12. The normalized spacial score (nSPS) is 21.6. The highest BCUT2D eigenvalue weighted by atomic mass is 16.5. The van der Waals surface area contributed by atoms with E-state index in [1.54, 1.807) is 0 Å². The molecule has 104 valence electrons. The molecule has 2 fully saturated rings. The summed E-state index contributed by atoms with van der Waals surface area (Å²) in [6.45, 7) is 7.40. The van der Waals surface area contributed by atoms with Crippen LogP contribution in [0.4, 0.5) is 5.69 Å². The molecule has 0 N–H and O–H groups in total. The Kier molecular flexibility index (Phi) is 4.36. The van der Waals surface area contributed by atoms with Gasteiger partial charge in [0.1, 0.15) is 0 Å². The highest BCUT2D eigenvalue weighted by molar-refractivity contribution is 5.47. The van der Waals surface area contributed by atoms with Crippen LogP contribution in [0.1, 0.15) is 24.8 Å². The molecule has 0 bridgehead atoms. The van der Waals surface area contributed by atoms with Gasteiger partial charge in [-0.3, -0.25) is 4.90 Å². The summed E-state index contributed by atoms with van der Waals surface area (Å²) in [4.78, 5) is 4.99. The second-order valence-corrected chi connectivity index (χ2v) is 5.60. The Morgan fingerprint density at radius 3 is 2.21 bits per heavy atom. The molecular weight excluding hydrogens is 236 g/mol. The number of rotatable bonds is 3. The summed E-state index contributed by atoms with van der Waals surface area (Å²) in [5.74, 6) is 0. The van der Waals surface area contributed by atoms with Gasteiger partial charge in [0.2, 0.25) is 0 Å². The van der Waals surface area contributed by atoms with E-state index < -0.39 is 0 Å². The average molecular weight is 260 g/mol. The zero-order chi connectivity index (χ0) is 12.9. The van der Waals surface area contributed by atoms with E-state index in [-0.39, 0.29) is 0 Å². The summed E-state index contributed by atoms with van der Waals surface area (Å²) in [7, 11) is 0. The van der Waals surface area contributed by atoms with Gasteiger partial charge in [0.15, 0.2) is 0 Å². The first kappa shape index (κ1) is 12.9. The number of benzene rings is 1. The van der Waals surface area contributed by atoms with Crippen LogP contribution in [-0.2, 0) is 11.3 Å². The molecule has 0 saturated carbocycles. The van der Waals surface area contributed by atoms with Gasteiger partial charge in [0.05, 0.1) is 13.2 Å². The number of morpholine rings is 1. The van der Waals surface area contributed by atoms with Crippen LogP contribution in [0.25, 0.3) is 0 Å². The minimum Gasteiger partial charge on any atom is -0.379 e. The Bertz CT molecular complexity index is 378. The lowest BCUT2D eigenvalue weighted by Gasteiger charge is -2.29. The molecule has 0 amide bonds. The van der Waals surface area contributed by atoms with Gasteiger partial charge in [-0.25, -0.2) is 0 Å². The number of anilines is 1. The molecule has 2 heterocycles. The van der Waals surface area contributed by atoms with Gasteiger partial charge in [-0.15, -0.1) is 0 Å². The van der Waals surface area contributed by atoms with E-state index in [0.717, 1.165) is 32.8 Å². The molecular formula is C16H24N2O. The summed E-state index contributed by atoms with van der Waals surface area (Å²) in [5.41, 5.74) is 2.81. The van der Waals surface area contributed by atoms with Gasteiger partial charge in [-0.05, 0) is 37.0 Å². The second-order valence-electron chi connectivity index (χ2n) is 5.60. The van der Waals surface area contributed by atoms with Crippen LogP contribution < -0.4 is 4.90 Å². The monoisotopic (exact) mass is 260 g/mol. The minimum absolute atomic E-state index is 0.881. The SMILES string of the molecule is c1cc(N2CCCCC2)ccc1CN1CCOCC1. The standard InChI is InChI=1S/C16H24N2O/c1-2-8-18(9-3-1)16-6-4-15(5-7-16)14-17-10-12-19-13-11-17/h4-7H,1-3,8-14H2. The molecule has 3 rings (SSSR count). The van der Waals surface area contributed by atoms with Gasteiger partial charge in [0, 0.05) is 38.4 Å². The summed E-state index contributed by atoms with van der Waals surface area (Å²) in [5, 5.41) is 0. The van der Waals surface area contributed by atoms with Crippen LogP contribution in [0.3, 0.4) is 0 Å². The number of nitrogens with zero attached hydrogens (tertiary/aromatic N) is 2. The Balaban J connectivity index is 1.58. The molecule has 1 aromatic rings. The largest absolute Gasteiger partial charge is 0.379 e. The summed E-state index contributed by atoms with van der Waals surface area (Å²) < 4.78 is 5.39. The molecule has 0 spiro atoms. The van der Waals surface area contributed by atoms with Crippen molar-refractivity contribution in [1.29, 1.82) is 0 Å². The molecule has 0 radical (unpaired) electrons. The van der Waals surface area contributed by atoms with E-state index in [0.29, 0.717) is 0 Å². The van der Waals surface area contributed by atoms with E-state index in [2.05, 4.69) is 34.1 Å². The molecule has 1 aromatic carbocycles. The van der Waals surface area contributed by atoms with Crippen molar-refractivity contribution in [3.05, 3.63) is 29.8 Å². The maximum atomic E-state index is 5.39. The number of ether oxygens (including phenoxy) is 1. The van der Waals surface area contributed by atoms with E-state index in [1.165, 1.54) is 43.6 Å². The van der Waals surface area contributed by atoms with Crippen LogP contribution >= 0.6 is 0 Å². The molecule has 0 aromatic heterocycles. The molecule has 3 heteroatoms. The third kappa shape index (κ3) is 3.48. The van der Waals surface area contributed by atoms with Crippen LogP contribution in [0.15, 0.2) is 24.3 Å². The molecule has 19 heavy (non-hydrogen) atoms. The first-order chi connectivity index (χ1) is 9.42. The van der Waals surface area contributed by atoms with Gasteiger partial charge >= 0.3 is 0 Å². The second kappa shape index (κ2) is 6.40. The van der Waals surface area contributed by atoms with Crippen molar-refractivity contribution in [2.45, 2.75) is 25.8 Å². The molecule has 2 aliphatic heterocycles. The molecule has 2 aliphatic rings. The smallest absolute Gasteiger partial charge is 0.0594 e. The van der Waals surface area contributed by atoms with Gasteiger partial charge < -0.3 is 9.64 Å². The van der Waals surface area contributed by atoms with Crippen molar-refractivity contribution < 1.29 is 4.74 Å². The van der Waals surface area contributed by atoms with Gasteiger partial charge in [-0.2, -0.15) is 0 Å². The topological polar surface area (TPSA) is 15.7 Å². The minimum atomic E-state index is 0.881. The molecule has 0 aliphatic carbocycles. The van der Waals surface area contributed by atoms with E-state index >= 15 is 0 Å².